The summed E-state index contributed by atoms with van der Waals surface area (Å²) in [5.74, 6) is 0. The van der Waals surface area contributed by atoms with Gasteiger partial charge in [0.25, 0.3) is 0 Å². The topological polar surface area (TPSA) is 50.1 Å². The Morgan fingerprint density at radius 2 is 2.05 bits per heavy atom. The smallest absolute Gasteiger partial charge is 0.0726 e. The SMILES string of the molecule is Cn1cc(C(CO)NC2CCCC2)c(C(C)(C)C)n1. The summed E-state index contributed by atoms with van der Waals surface area (Å²) in [7, 11) is 1.95. The fourth-order valence-corrected chi connectivity index (χ4v) is 2.96. The normalized spacial score (nSPS) is 19.0. The zero-order valence-corrected chi connectivity index (χ0v) is 12.6. The molecule has 0 radical (unpaired) electrons. The van der Waals surface area contributed by atoms with E-state index in [1.54, 1.807) is 0 Å². The standard InChI is InChI=1S/C15H27N3O/c1-15(2,3)14-12(9-18(4)17-14)13(10-19)16-11-7-5-6-8-11/h9,11,13,16,19H,5-8,10H2,1-4H3. The van der Waals surface area contributed by atoms with Crippen molar-refractivity contribution in [2.75, 3.05) is 6.61 Å². The van der Waals surface area contributed by atoms with E-state index in [0.717, 1.165) is 11.3 Å². The van der Waals surface area contributed by atoms with Crippen molar-refractivity contribution in [2.45, 2.75) is 64.0 Å². The van der Waals surface area contributed by atoms with E-state index in [1.165, 1.54) is 25.7 Å². The van der Waals surface area contributed by atoms with Crippen molar-refractivity contribution in [3.63, 3.8) is 0 Å². The predicted octanol–water partition coefficient (Wildman–Crippen LogP) is 2.28. The summed E-state index contributed by atoms with van der Waals surface area (Å²) in [6.07, 6.45) is 7.09. The van der Waals surface area contributed by atoms with Crippen LogP contribution in [0.15, 0.2) is 6.20 Å². The maximum Gasteiger partial charge on any atom is 0.0726 e. The second-order valence-electron chi connectivity index (χ2n) is 6.74. The summed E-state index contributed by atoms with van der Waals surface area (Å²) < 4.78 is 1.86. The van der Waals surface area contributed by atoms with Gasteiger partial charge >= 0.3 is 0 Å². The third kappa shape index (κ3) is 3.37. The first-order valence-electron chi connectivity index (χ1n) is 7.32. The number of hydrogen-bond donors (Lipinski definition) is 2. The fourth-order valence-electron chi connectivity index (χ4n) is 2.96. The summed E-state index contributed by atoms with van der Waals surface area (Å²) in [5, 5.41) is 17.9. The number of hydrogen-bond acceptors (Lipinski definition) is 3. The number of aliphatic hydroxyl groups excluding tert-OH is 1. The highest BCUT2D eigenvalue weighted by Crippen LogP contribution is 2.29. The minimum absolute atomic E-state index is 0.00136. The van der Waals surface area contributed by atoms with Crippen molar-refractivity contribution in [2.24, 2.45) is 7.05 Å². The molecule has 1 aliphatic rings. The van der Waals surface area contributed by atoms with Crippen LogP contribution in [0.3, 0.4) is 0 Å². The molecule has 0 aromatic carbocycles. The molecule has 0 saturated heterocycles. The van der Waals surface area contributed by atoms with Crippen LogP contribution >= 0.6 is 0 Å². The third-order valence-electron chi connectivity index (χ3n) is 3.92. The average molecular weight is 265 g/mol. The molecule has 2 rings (SSSR count). The summed E-state index contributed by atoms with van der Waals surface area (Å²) in [5.41, 5.74) is 2.23. The molecule has 1 unspecified atom stereocenters. The lowest BCUT2D eigenvalue weighted by Gasteiger charge is -2.24. The maximum absolute atomic E-state index is 9.74. The summed E-state index contributed by atoms with van der Waals surface area (Å²) in [4.78, 5) is 0. The number of aryl methyl sites for hydroxylation is 1. The van der Waals surface area contributed by atoms with Gasteiger partial charge in [-0.1, -0.05) is 33.6 Å². The molecule has 1 fully saturated rings. The first-order chi connectivity index (χ1) is 8.91. The molecule has 0 bridgehead atoms. The van der Waals surface area contributed by atoms with Gasteiger partial charge in [-0.15, -0.1) is 0 Å². The molecule has 19 heavy (non-hydrogen) atoms. The van der Waals surface area contributed by atoms with Crippen LogP contribution in [-0.4, -0.2) is 27.5 Å². The van der Waals surface area contributed by atoms with Gasteiger partial charge < -0.3 is 10.4 Å². The number of aliphatic hydroxyl groups is 1. The Hall–Kier alpha value is -0.870. The second kappa shape index (κ2) is 5.63. The number of rotatable bonds is 4. The summed E-state index contributed by atoms with van der Waals surface area (Å²) in [6, 6.07) is 0.552. The van der Waals surface area contributed by atoms with Crippen LogP contribution in [0, 0.1) is 0 Å². The highest BCUT2D eigenvalue weighted by Gasteiger charge is 2.28. The number of aromatic nitrogens is 2. The van der Waals surface area contributed by atoms with Crippen LogP contribution in [0.4, 0.5) is 0 Å². The van der Waals surface area contributed by atoms with Crippen LogP contribution in [0.25, 0.3) is 0 Å². The highest BCUT2D eigenvalue weighted by molar-refractivity contribution is 5.27. The molecule has 0 aliphatic heterocycles. The molecular formula is C15H27N3O. The maximum atomic E-state index is 9.74. The second-order valence-corrected chi connectivity index (χ2v) is 6.74. The van der Waals surface area contributed by atoms with E-state index in [1.807, 2.05) is 17.9 Å². The first kappa shape index (κ1) is 14.5. The van der Waals surface area contributed by atoms with Gasteiger partial charge in [-0.2, -0.15) is 5.10 Å². The van der Waals surface area contributed by atoms with Crippen molar-refractivity contribution in [3.05, 3.63) is 17.5 Å². The molecule has 108 valence electrons. The van der Waals surface area contributed by atoms with Crippen molar-refractivity contribution in [1.29, 1.82) is 0 Å². The van der Waals surface area contributed by atoms with Gasteiger partial charge in [0.1, 0.15) is 0 Å². The van der Waals surface area contributed by atoms with Gasteiger partial charge in [-0.25, -0.2) is 0 Å². The Bertz CT molecular complexity index is 414. The van der Waals surface area contributed by atoms with E-state index in [4.69, 9.17) is 0 Å². The van der Waals surface area contributed by atoms with Crippen LogP contribution in [-0.2, 0) is 12.5 Å². The van der Waals surface area contributed by atoms with Gasteiger partial charge in [-0.05, 0) is 12.8 Å². The van der Waals surface area contributed by atoms with E-state index in [2.05, 4.69) is 31.2 Å². The molecule has 1 atom stereocenters. The Kier molecular flexibility index (Phi) is 4.31. The largest absolute Gasteiger partial charge is 0.394 e. The Balaban J connectivity index is 2.22. The van der Waals surface area contributed by atoms with E-state index in [-0.39, 0.29) is 18.1 Å². The average Bonchev–Trinajstić information content (AvgIpc) is 2.93. The van der Waals surface area contributed by atoms with Gasteiger partial charge in [-0.3, -0.25) is 4.68 Å². The molecule has 4 nitrogen and oxygen atoms in total. The van der Waals surface area contributed by atoms with Crippen LogP contribution in [0.1, 0.15) is 63.8 Å². The zero-order chi connectivity index (χ0) is 14.0. The lowest BCUT2D eigenvalue weighted by atomic mass is 9.87. The number of nitrogens with zero attached hydrogens (tertiary/aromatic N) is 2. The van der Waals surface area contributed by atoms with Gasteiger partial charge in [0.15, 0.2) is 0 Å². The first-order valence-corrected chi connectivity index (χ1v) is 7.32. The molecule has 0 spiro atoms. The quantitative estimate of drug-likeness (QED) is 0.878. The molecule has 4 heteroatoms. The van der Waals surface area contributed by atoms with Gasteiger partial charge in [0.05, 0.1) is 18.3 Å². The van der Waals surface area contributed by atoms with E-state index in [9.17, 15) is 5.11 Å². The van der Waals surface area contributed by atoms with E-state index < -0.39 is 0 Å². The zero-order valence-electron chi connectivity index (χ0n) is 12.6. The lowest BCUT2D eigenvalue weighted by Crippen LogP contribution is -2.34. The Morgan fingerprint density at radius 1 is 1.42 bits per heavy atom. The molecule has 0 amide bonds. The van der Waals surface area contributed by atoms with Crippen molar-refractivity contribution in [1.82, 2.24) is 15.1 Å². The molecule has 1 heterocycles. The fraction of sp³-hybridized carbons (Fsp3) is 0.800. The molecule has 1 saturated carbocycles. The predicted molar refractivity (Wildman–Crippen MR) is 77.1 cm³/mol. The molecule has 1 aromatic rings. The highest BCUT2D eigenvalue weighted by atomic mass is 16.3. The van der Waals surface area contributed by atoms with E-state index in [0.29, 0.717) is 6.04 Å². The number of nitrogens with one attached hydrogen (secondary N) is 1. The molecule has 1 aliphatic carbocycles. The minimum Gasteiger partial charge on any atom is -0.394 e. The van der Waals surface area contributed by atoms with Crippen LogP contribution < -0.4 is 5.32 Å². The molecule has 1 aromatic heterocycles. The molecule has 2 N–H and O–H groups in total. The lowest BCUT2D eigenvalue weighted by molar-refractivity contribution is 0.231. The third-order valence-corrected chi connectivity index (χ3v) is 3.92. The summed E-state index contributed by atoms with van der Waals surface area (Å²) in [6.45, 7) is 6.64. The Morgan fingerprint density at radius 3 is 2.58 bits per heavy atom. The van der Waals surface area contributed by atoms with Crippen LogP contribution in [0.2, 0.25) is 0 Å². The molecular weight excluding hydrogens is 238 g/mol. The minimum atomic E-state index is 0.00136. The van der Waals surface area contributed by atoms with Gasteiger partial charge in [0, 0.05) is 30.3 Å². The van der Waals surface area contributed by atoms with Crippen LogP contribution in [0.5, 0.6) is 0 Å². The van der Waals surface area contributed by atoms with Crippen molar-refractivity contribution in [3.8, 4) is 0 Å². The Labute approximate surface area is 116 Å². The monoisotopic (exact) mass is 265 g/mol. The van der Waals surface area contributed by atoms with Gasteiger partial charge in [0.2, 0.25) is 0 Å². The summed E-state index contributed by atoms with van der Waals surface area (Å²) >= 11 is 0. The van der Waals surface area contributed by atoms with Crippen molar-refractivity contribution >= 4 is 0 Å². The van der Waals surface area contributed by atoms with E-state index >= 15 is 0 Å². The van der Waals surface area contributed by atoms with Crippen molar-refractivity contribution < 1.29 is 5.11 Å².